The second-order valence-corrected chi connectivity index (χ2v) is 9.85. The smallest absolute Gasteiger partial charge is 0.200 e. The zero-order chi connectivity index (χ0) is 24.2. The second-order valence-electron chi connectivity index (χ2n) is 9.85. The third-order valence-electron chi connectivity index (χ3n) is 7.55. The van der Waals surface area contributed by atoms with Crippen LogP contribution in [0.15, 0.2) is 121 Å². The topological polar surface area (TPSA) is 3.88 Å². The average molecular weight is 461 g/mol. The minimum atomic E-state index is 1.23. The summed E-state index contributed by atoms with van der Waals surface area (Å²) in [5, 5.41) is 2.52. The van der Waals surface area contributed by atoms with Gasteiger partial charge in [-0.2, -0.15) is 0 Å². The number of fused-ring (bicyclic) bond motifs is 1. The van der Waals surface area contributed by atoms with Gasteiger partial charge in [0.1, 0.15) is 7.05 Å². The normalized spacial score (nSPS) is 11.6. The standard InChI is InChI=1S/C35H26N/c1-23-12-13-31-22-34(23)35-33-15-14-30(21-32(33)16-17-36(35)2)28-10-4-8-26(19-28)24-6-3-7-25(18-24)27-9-5-11-29(31)20-27/h3-22H,1-2H3/q+1. The first-order valence-electron chi connectivity index (χ1n) is 12.5. The van der Waals surface area contributed by atoms with Crippen molar-refractivity contribution in [2.75, 3.05) is 0 Å². The van der Waals surface area contributed by atoms with Crippen LogP contribution in [0, 0.1) is 6.92 Å². The van der Waals surface area contributed by atoms with Crippen LogP contribution in [0.3, 0.4) is 0 Å². The van der Waals surface area contributed by atoms with E-state index in [9.17, 15) is 0 Å². The van der Waals surface area contributed by atoms with Gasteiger partial charge in [-0.15, -0.1) is 0 Å². The number of pyridine rings is 1. The highest BCUT2D eigenvalue weighted by molar-refractivity contribution is 5.97. The molecule has 8 rings (SSSR count). The summed E-state index contributed by atoms with van der Waals surface area (Å²) >= 11 is 0. The highest BCUT2D eigenvalue weighted by Crippen LogP contribution is 2.36. The molecule has 0 fully saturated rings. The van der Waals surface area contributed by atoms with Crippen LogP contribution < -0.4 is 4.57 Å². The first-order valence-corrected chi connectivity index (χ1v) is 12.5. The summed E-state index contributed by atoms with van der Waals surface area (Å²) in [5.74, 6) is 0. The van der Waals surface area contributed by atoms with Crippen LogP contribution in [-0.2, 0) is 7.05 Å². The van der Waals surface area contributed by atoms with Crippen molar-refractivity contribution < 1.29 is 4.57 Å². The van der Waals surface area contributed by atoms with Crippen molar-refractivity contribution >= 4 is 10.8 Å². The average Bonchev–Trinajstić information content (AvgIpc) is 2.93. The lowest BCUT2D eigenvalue weighted by Gasteiger charge is -2.12. The Morgan fingerprint density at radius 1 is 0.472 bits per heavy atom. The molecule has 0 aliphatic heterocycles. The second kappa shape index (κ2) is 8.03. The Kier molecular flexibility index (Phi) is 4.65. The third-order valence-corrected chi connectivity index (χ3v) is 7.55. The van der Waals surface area contributed by atoms with Gasteiger partial charge in [0.15, 0.2) is 6.20 Å². The van der Waals surface area contributed by atoms with E-state index in [-0.39, 0.29) is 0 Å². The van der Waals surface area contributed by atoms with Gasteiger partial charge in [-0.25, -0.2) is 4.57 Å². The van der Waals surface area contributed by atoms with Crippen LogP contribution in [0.25, 0.3) is 66.5 Å². The van der Waals surface area contributed by atoms with Crippen LogP contribution >= 0.6 is 0 Å². The molecule has 0 amide bonds. The van der Waals surface area contributed by atoms with Gasteiger partial charge in [-0.05, 0) is 98.8 Å². The van der Waals surface area contributed by atoms with E-state index in [1.807, 2.05) is 0 Å². The van der Waals surface area contributed by atoms with Gasteiger partial charge >= 0.3 is 0 Å². The Bertz CT molecular complexity index is 1810. The van der Waals surface area contributed by atoms with E-state index in [4.69, 9.17) is 0 Å². The summed E-state index contributed by atoms with van der Waals surface area (Å²) in [6.45, 7) is 2.21. The highest BCUT2D eigenvalue weighted by Gasteiger charge is 2.19. The number of aryl methyl sites for hydroxylation is 2. The van der Waals surface area contributed by atoms with Crippen molar-refractivity contribution in [3.63, 3.8) is 0 Å². The van der Waals surface area contributed by atoms with Gasteiger partial charge in [0, 0.05) is 6.07 Å². The number of benzene rings is 5. The number of aromatic nitrogens is 1. The first kappa shape index (κ1) is 20.8. The zero-order valence-electron chi connectivity index (χ0n) is 20.5. The minimum Gasteiger partial charge on any atom is -0.200 e. The van der Waals surface area contributed by atoms with Crippen molar-refractivity contribution in [2.45, 2.75) is 6.92 Å². The molecule has 1 heteroatoms. The van der Waals surface area contributed by atoms with Crippen molar-refractivity contribution in [1.29, 1.82) is 0 Å². The molecule has 170 valence electrons. The lowest BCUT2D eigenvalue weighted by Crippen LogP contribution is -2.30. The summed E-state index contributed by atoms with van der Waals surface area (Å²) < 4.78 is 2.25. The highest BCUT2D eigenvalue weighted by atomic mass is 14.9. The molecule has 2 aliphatic carbocycles. The predicted molar refractivity (Wildman–Crippen MR) is 151 cm³/mol. The maximum atomic E-state index is 2.36. The molecule has 0 saturated heterocycles. The molecule has 2 aliphatic rings. The summed E-state index contributed by atoms with van der Waals surface area (Å²) in [4.78, 5) is 0. The third kappa shape index (κ3) is 3.36. The van der Waals surface area contributed by atoms with E-state index in [1.165, 1.54) is 72.1 Å². The van der Waals surface area contributed by atoms with Gasteiger partial charge in [0.2, 0.25) is 5.69 Å². The monoisotopic (exact) mass is 460 g/mol. The van der Waals surface area contributed by atoms with E-state index in [0.717, 1.165) is 0 Å². The number of nitrogens with zero attached hydrogens (tertiary/aromatic N) is 1. The molecule has 1 aromatic heterocycles. The van der Waals surface area contributed by atoms with Crippen molar-refractivity contribution in [3.8, 4) is 55.8 Å². The molecule has 1 nitrogen and oxygen atoms in total. The Labute approximate surface area is 211 Å². The molecule has 0 unspecified atom stereocenters. The maximum absolute atomic E-state index is 2.36. The molecule has 1 heterocycles. The van der Waals surface area contributed by atoms with Crippen molar-refractivity contribution in [3.05, 3.63) is 127 Å². The van der Waals surface area contributed by atoms with Gasteiger partial charge in [0.05, 0.1) is 10.9 Å². The maximum Gasteiger partial charge on any atom is 0.220 e. The van der Waals surface area contributed by atoms with Crippen LogP contribution in [0.4, 0.5) is 0 Å². The van der Waals surface area contributed by atoms with Gasteiger partial charge in [-0.3, -0.25) is 0 Å². The van der Waals surface area contributed by atoms with Crippen LogP contribution in [0.5, 0.6) is 0 Å². The zero-order valence-corrected chi connectivity index (χ0v) is 20.5. The minimum absolute atomic E-state index is 1.23. The van der Waals surface area contributed by atoms with E-state index in [2.05, 4.69) is 140 Å². The number of rotatable bonds is 0. The molecular weight excluding hydrogens is 434 g/mol. The largest absolute Gasteiger partial charge is 0.220 e. The molecule has 0 spiro atoms. The SMILES string of the molecule is Cc1ccc2cc1-c1c3ccc(cc3cc[n+]1C)-c1cccc(c1)-c1cccc(c1)-c1cccc-2c1. The van der Waals surface area contributed by atoms with Crippen LogP contribution in [-0.4, -0.2) is 0 Å². The number of hydrogen-bond donors (Lipinski definition) is 0. The van der Waals surface area contributed by atoms with E-state index >= 15 is 0 Å². The summed E-state index contributed by atoms with van der Waals surface area (Å²) in [5.41, 5.74) is 13.7. The Balaban J connectivity index is 1.60. The van der Waals surface area contributed by atoms with E-state index in [0.29, 0.717) is 0 Å². The van der Waals surface area contributed by atoms with Crippen LogP contribution in [0.1, 0.15) is 5.56 Å². The molecule has 5 aromatic carbocycles. The molecule has 0 radical (unpaired) electrons. The summed E-state index contributed by atoms with van der Waals surface area (Å²) in [6.07, 6.45) is 2.18. The van der Waals surface area contributed by atoms with Gasteiger partial charge in [-0.1, -0.05) is 72.8 Å². The lowest BCUT2D eigenvalue weighted by atomic mass is 9.93. The summed E-state index contributed by atoms with van der Waals surface area (Å²) in [7, 11) is 2.15. The molecule has 0 N–H and O–H groups in total. The fourth-order valence-corrected chi connectivity index (χ4v) is 5.58. The van der Waals surface area contributed by atoms with E-state index in [1.54, 1.807) is 0 Å². The van der Waals surface area contributed by atoms with Gasteiger partial charge < -0.3 is 0 Å². The Morgan fingerprint density at radius 2 is 0.944 bits per heavy atom. The molecular formula is C35H26N+. The van der Waals surface area contributed by atoms with Crippen molar-refractivity contribution in [2.24, 2.45) is 7.05 Å². The Hall–Kier alpha value is -4.49. The molecule has 0 saturated carbocycles. The van der Waals surface area contributed by atoms with Gasteiger partial charge in [0.25, 0.3) is 0 Å². The predicted octanol–water partition coefficient (Wildman–Crippen LogP) is 8.62. The van der Waals surface area contributed by atoms with Crippen molar-refractivity contribution in [1.82, 2.24) is 0 Å². The molecule has 0 atom stereocenters. The lowest BCUT2D eigenvalue weighted by molar-refractivity contribution is -0.659. The Morgan fingerprint density at radius 3 is 1.50 bits per heavy atom. The quantitative estimate of drug-likeness (QED) is 0.199. The van der Waals surface area contributed by atoms with E-state index < -0.39 is 0 Å². The number of hydrogen-bond acceptors (Lipinski definition) is 0. The summed E-state index contributed by atoms with van der Waals surface area (Å²) in [6, 6.07) is 42.7. The molecule has 6 aromatic rings. The fourth-order valence-electron chi connectivity index (χ4n) is 5.58. The van der Waals surface area contributed by atoms with Crippen LogP contribution in [0.2, 0.25) is 0 Å². The molecule has 36 heavy (non-hydrogen) atoms. The molecule has 12 bridgehead atoms. The fraction of sp³-hybridized carbons (Fsp3) is 0.0571. The first-order chi connectivity index (χ1) is 17.6.